The van der Waals surface area contributed by atoms with Crippen LogP contribution in [0.3, 0.4) is 0 Å². The number of amides is 1. The van der Waals surface area contributed by atoms with Gasteiger partial charge in [0.05, 0.1) is 20.3 Å². The summed E-state index contributed by atoms with van der Waals surface area (Å²) in [5.74, 6) is 2.11. The van der Waals surface area contributed by atoms with Gasteiger partial charge in [-0.1, -0.05) is 23.9 Å². The van der Waals surface area contributed by atoms with Gasteiger partial charge in [-0.05, 0) is 48.9 Å². The van der Waals surface area contributed by atoms with Crippen LogP contribution in [0.1, 0.15) is 17.4 Å². The summed E-state index contributed by atoms with van der Waals surface area (Å²) in [6.45, 7) is 1.87. The van der Waals surface area contributed by atoms with E-state index in [4.69, 9.17) is 9.47 Å². The van der Waals surface area contributed by atoms with Gasteiger partial charge in [0.1, 0.15) is 22.6 Å². The molecule has 2 heterocycles. The number of rotatable bonds is 5. The Kier molecular flexibility index (Phi) is 5.30. The zero-order chi connectivity index (χ0) is 20.4. The second-order valence-corrected chi connectivity index (χ2v) is 7.61. The second-order valence-electron chi connectivity index (χ2n) is 6.50. The molecule has 0 bridgehead atoms. The van der Waals surface area contributed by atoms with Crippen LogP contribution in [-0.2, 0) is 4.79 Å². The number of carbonyl (C=O) groups is 1. The number of carbonyl (C=O) groups excluding carboxylic acids is 1. The van der Waals surface area contributed by atoms with Crippen molar-refractivity contribution in [3.63, 3.8) is 0 Å². The lowest BCUT2D eigenvalue weighted by atomic mass is 10.0. The smallest absolute Gasteiger partial charge is 0.240 e. The second kappa shape index (κ2) is 8.04. The van der Waals surface area contributed by atoms with Gasteiger partial charge in [0.2, 0.25) is 11.1 Å². The topological polar surface area (TPSA) is 90.3 Å². The number of hydrogen-bond donors (Lipinski definition) is 2. The molecule has 0 radical (unpaired) electrons. The Bertz CT molecular complexity index is 1000. The highest BCUT2D eigenvalue weighted by atomic mass is 32.2. The van der Waals surface area contributed by atoms with Gasteiger partial charge in [-0.15, -0.1) is 10.2 Å². The molecule has 1 amide bonds. The number of ether oxygens (including phenoxy) is 2. The normalized spacial score (nSPS) is 17.8. The van der Waals surface area contributed by atoms with E-state index >= 15 is 0 Å². The number of thioether (sulfide) groups is 1. The van der Waals surface area contributed by atoms with Gasteiger partial charge < -0.3 is 20.2 Å². The first kappa shape index (κ1) is 19.1. The van der Waals surface area contributed by atoms with Gasteiger partial charge in [-0.25, -0.2) is 4.68 Å². The van der Waals surface area contributed by atoms with Crippen LogP contribution in [0.2, 0.25) is 0 Å². The molecule has 1 aromatic heterocycles. The highest BCUT2D eigenvalue weighted by Gasteiger charge is 2.37. The highest BCUT2D eigenvalue weighted by molar-refractivity contribution is 8.00. The van der Waals surface area contributed by atoms with E-state index in [1.165, 1.54) is 11.8 Å². The molecular formula is C20H21N5O3S. The Morgan fingerprint density at radius 1 is 1.03 bits per heavy atom. The number of aromatic nitrogens is 3. The van der Waals surface area contributed by atoms with Crippen molar-refractivity contribution in [2.24, 2.45) is 0 Å². The minimum Gasteiger partial charge on any atom is -0.497 e. The molecular weight excluding hydrogens is 390 g/mol. The summed E-state index contributed by atoms with van der Waals surface area (Å²) in [5, 5.41) is 11.5. The molecule has 0 aliphatic carbocycles. The molecule has 2 N–H and O–H groups in total. The fourth-order valence-corrected chi connectivity index (χ4v) is 4.23. The van der Waals surface area contributed by atoms with Crippen LogP contribution in [0.15, 0.2) is 53.7 Å². The summed E-state index contributed by atoms with van der Waals surface area (Å²) in [4.78, 5) is 13.2. The summed E-state index contributed by atoms with van der Waals surface area (Å²) in [6, 6.07) is 14.6. The van der Waals surface area contributed by atoms with E-state index in [9.17, 15) is 4.79 Å². The number of nitrogens with zero attached hydrogens (tertiary/aromatic N) is 3. The molecule has 0 fully saturated rings. The molecule has 0 saturated heterocycles. The van der Waals surface area contributed by atoms with Crippen molar-refractivity contribution in [2.45, 2.75) is 23.4 Å². The lowest BCUT2D eigenvalue weighted by Crippen LogP contribution is -2.41. The van der Waals surface area contributed by atoms with Crippen molar-refractivity contribution in [1.82, 2.24) is 14.9 Å². The molecule has 4 rings (SSSR count). The van der Waals surface area contributed by atoms with Crippen molar-refractivity contribution >= 4 is 23.4 Å². The SMILES string of the molecule is COc1ccc(NC(=O)C2Sc3nnc(C)n3NC2c2ccc(OC)cc2)cc1. The summed E-state index contributed by atoms with van der Waals surface area (Å²) in [6.07, 6.45) is 0. The van der Waals surface area contributed by atoms with Crippen molar-refractivity contribution in [1.29, 1.82) is 0 Å². The molecule has 2 atom stereocenters. The maximum Gasteiger partial charge on any atom is 0.240 e. The maximum absolute atomic E-state index is 13.2. The number of nitrogens with one attached hydrogen (secondary N) is 2. The molecule has 2 aromatic carbocycles. The third kappa shape index (κ3) is 3.86. The molecule has 0 saturated carbocycles. The fraction of sp³-hybridized carbons (Fsp3) is 0.250. The fourth-order valence-electron chi connectivity index (χ4n) is 3.11. The summed E-state index contributed by atoms with van der Waals surface area (Å²) < 4.78 is 12.2. The predicted octanol–water partition coefficient (Wildman–Crippen LogP) is 3.00. The molecule has 9 heteroatoms. The zero-order valence-electron chi connectivity index (χ0n) is 16.2. The van der Waals surface area contributed by atoms with Gasteiger partial charge in [0.25, 0.3) is 0 Å². The van der Waals surface area contributed by atoms with Crippen molar-refractivity contribution in [3.05, 3.63) is 59.9 Å². The first-order chi connectivity index (χ1) is 14.1. The Hall–Kier alpha value is -3.20. The minimum absolute atomic E-state index is 0.125. The summed E-state index contributed by atoms with van der Waals surface area (Å²) >= 11 is 1.38. The Morgan fingerprint density at radius 3 is 2.28 bits per heavy atom. The van der Waals surface area contributed by atoms with Crippen molar-refractivity contribution < 1.29 is 14.3 Å². The van der Waals surface area contributed by atoms with Crippen LogP contribution in [0.4, 0.5) is 5.69 Å². The number of aryl methyl sites for hydroxylation is 1. The molecule has 2 unspecified atom stereocenters. The van der Waals surface area contributed by atoms with Gasteiger partial charge >= 0.3 is 0 Å². The van der Waals surface area contributed by atoms with E-state index in [1.807, 2.05) is 60.1 Å². The Balaban J connectivity index is 1.62. The maximum atomic E-state index is 13.2. The Labute approximate surface area is 172 Å². The molecule has 1 aliphatic rings. The third-order valence-corrected chi connectivity index (χ3v) is 5.90. The molecule has 150 valence electrons. The lowest BCUT2D eigenvalue weighted by molar-refractivity contribution is -0.116. The van der Waals surface area contributed by atoms with E-state index in [2.05, 4.69) is 20.9 Å². The van der Waals surface area contributed by atoms with Gasteiger partial charge in [-0.3, -0.25) is 4.79 Å². The Morgan fingerprint density at radius 2 is 1.66 bits per heavy atom. The van der Waals surface area contributed by atoms with E-state index in [0.717, 1.165) is 22.9 Å². The molecule has 0 spiro atoms. The average Bonchev–Trinajstić information content (AvgIpc) is 3.13. The first-order valence-electron chi connectivity index (χ1n) is 9.03. The van der Waals surface area contributed by atoms with E-state index in [-0.39, 0.29) is 11.9 Å². The number of anilines is 1. The lowest BCUT2D eigenvalue weighted by Gasteiger charge is -2.32. The van der Waals surface area contributed by atoms with E-state index in [1.54, 1.807) is 14.2 Å². The van der Waals surface area contributed by atoms with Gasteiger partial charge in [0, 0.05) is 5.69 Å². The van der Waals surface area contributed by atoms with Crippen LogP contribution < -0.4 is 20.2 Å². The zero-order valence-corrected chi connectivity index (χ0v) is 17.1. The van der Waals surface area contributed by atoms with E-state index in [0.29, 0.717) is 10.8 Å². The molecule has 29 heavy (non-hydrogen) atoms. The van der Waals surface area contributed by atoms with Crippen LogP contribution in [-0.4, -0.2) is 40.3 Å². The largest absolute Gasteiger partial charge is 0.497 e. The van der Waals surface area contributed by atoms with Crippen LogP contribution >= 0.6 is 11.8 Å². The quantitative estimate of drug-likeness (QED) is 0.667. The molecule has 3 aromatic rings. The average molecular weight is 411 g/mol. The third-order valence-electron chi connectivity index (χ3n) is 4.69. The minimum atomic E-state index is -0.443. The summed E-state index contributed by atoms with van der Waals surface area (Å²) in [7, 11) is 3.23. The van der Waals surface area contributed by atoms with Crippen molar-refractivity contribution in [2.75, 3.05) is 25.0 Å². The number of fused-ring (bicyclic) bond motifs is 1. The first-order valence-corrected chi connectivity index (χ1v) is 9.91. The van der Waals surface area contributed by atoms with E-state index < -0.39 is 5.25 Å². The molecule has 1 aliphatic heterocycles. The monoisotopic (exact) mass is 411 g/mol. The summed E-state index contributed by atoms with van der Waals surface area (Å²) in [5.41, 5.74) is 5.05. The molecule has 8 nitrogen and oxygen atoms in total. The van der Waals surface area contributed by atoms with Gasteiger partial charge in [0.15, 0.2) is 0 Å². The highest BCUT2D eigenvalue weighted by Crippen LogP contribution is 2.38. The standard InChI is InChI=1S/C20H21N5O3S/c1-12-22-23-20-25(12)24-17(13-4-8-15(27-2)9-5-13)18(29-20)19(26)21-14-6-10-16(28-3)11-7-14/h4-11,17-18,24H,1-3H3,(H,21,26). The van der Waals surface area contributed by atoms with Crippen LogP contribution in [0, 0.1) is 6.92 Å². The number of benzene rings is 2. The number of methoxy groups -OCH3 is 2. The number of hydrogen-bond acceptors (Lipinski definition) is 7. The predicted molar refractivity (Wildman–Crippen MR) is 111 cm³/mol. The van der Waals surface area contributed by atoms with Gasteiger partial charge in [-0.2, -0.15) is 0 Å². The van der Waals surface area contributed by atoms with Crippen LogP contribution in [0.5, 0.6) is 11.5 Å². The van der Waals surface area contributed by atoms with Crippen molar-refractivity contribution in [3.8, 4) is 11.5 Å². The van der Waals surface area contributed by atoms with Crippen LogP contribution in [0.25, 0.3) is 0 Å².